The van der Waals surface area contributed by atoms with Crippen molar-refractivity contribution in [3.8, 4) is 0 Å². The van der Waals surface area contributed by atoms with Crippen molar-refractivity contribution < 1.29 is 0 Å². The van der Waals surface area contributed by atoms with Crippen LogP contribution in [0.3, 0.4) is 0 Å². The van der Waals surface area contributed by atoms with Gasteiger partial charge < -0.3 is 5.73 Å². The van der Waals surface area contributed by atoms with Gasteiger partial charge in [0, 0.05) is 7.05 Å². The molecule has 2 rings (SSSR count). The zero-order chi connectivity index (χ0) is 11.0. The van der Waals surface area contributed by atoms with Crippen LogP contribution in [-0.4, -0.2) is 9.36 Å². The summed E-state index contributed by atoms with van der Waals surface area (Å²) >= 11 is 0. The van der Waals surface area contributed by atoms with Gasteiger partial charge in [0.2, 0.25) is 0 Å². The molecule has 0 spiro atoms. The van der Waals surface area contributed by atoms with Gasteiger partial charge in [-0.2, -0.15) is 0 Å². The van der Waals surface area contributed by atoms with E-state index >= 15 is 0 Å². The molecule has 1 aromatic heterocycles. The van der Waals surface area contributed by atoms with E-state index in [4.69, 9.17) is 5.73 Å². The predicted octanol–water partition coefficient (Wildman–Crippen LogP) is 2.43. The Morgan fingerprint density at radius 2 is 1.71 bits per heavy atom. The normalized spacial score (nSPS) is 16.1. The minimum Gasteiger partial charge on any atom is -0.393 e. The molecule has 4 nitrogen and oxygen atoms in total. The lowest BCUT2D eigenvalue weighted by molar-refractivity contribution is 0.293. The monoisotopic (exact) mass is 281 g/mol. The van der Waals surface area contributed by atoms with Crippen molar-refractivity contribution in [3.05, 3.63) is 16.0 Å². The van der Waals surface area contributed by atoms with Crippen LogP contribution >= 0.6 is 24.8 Å². The SMILES string of the molecule is Cc1c(N)c(=O)n(C2CCCCC2)n1C.Cl.Cl. The Bertz CT molecular complexity index is 419. The molecule has 0 saturated heterocycles. The fraction of sp³-hybridized carbons (Fsp3) is 0.727. The van der Waals surface area contributed by atoms with E-state index in [0.717, 1.165) is 18.5 Å². The van der Waals surface area contributed by atoms with Gasteiger partial charge in [0.15, 0.2) is 0 Å². The van der Waals surface area contributed by atoms with Gasteiger partial charge in [0.25, 0.3) is 5.56 Å². The van der Waals surface area contributed by atoms with Crippen molar-refractivity contribution in [1.29, 1.82) is 0 Å². The van der Waals surface area contributed by atoms with Crippen LogP contribution in [0, 0.1) is 6.92 Å². The number of halogens is 2. The molecular weight excluding hydrogens is 261 g/mol. The zero-order valence-corrected chi connectivity index (χ0v) is 11.9. The highest BCUT2D eigenvalue weighted by Crippen LogP contribution is 2.27. The van der Waals surface area contributed by atoms with E-state index in [9.17, 15) is 4.79 Å². The summed E-state index contributed by atoms with van der Waals surface area (Å²) in [6, 6.07) is 0.354. The van der Waals surface area contributed by atoms with Crippen molar-refractivity contribution in [2.45, 2.75) is 45.1 Å². The topological polar surface area (TPSA) is 53.0 Å². The van der Waals surface area contributed by atoms with Gasteiger partial charge in [-0.3, -0.25) is 9.48 Å². The summed E-state index contributed by atoms with van der Waals surface area (Å²) in [7, 11) is 1.92. The maximum Gasteiger partial charge on any atom is 0.290 e. The first-order valence-corrected chi connectivity index (χ1v) is 5.66. The molecular formula is C11H21Cl2N3O. The summed E-state index contributed by atoms with van der Waals surface area (Å²) in [4.78, 5) is 11.9. The first kappa shape index (κ1) is 16.4. The van der Waals surface area contributed by atoms with E-state index in [2.05, 4.69) is 0 Å². The summed E-state index contributed by atoms with van der Waals surface area (Å²) in [6.45, 7) is 1.90. The highest BCUT2D eigenvalue weighted by molar-refractivity contribution is 5.85. The van der Waals surface area contributed by atoms with Crippen molar-refractivity contribution >= 4 is 30.5 Å². The number of anilines is 1. The molecule has 0 bridgehead atoms. The molecule has 100 valence electrons. The van der Waals surface area contributed by atoms with Gasteiger partial charge in [0.05, 0.1) is 11.7 Å². The maximum atomic E-state index is 11.9. The van der Waals surface area contributed by atoms with E-state index in [0.29, 0.717) is 11.7 Å². The molecule has 0 aliphatic heterocycles. The Kier molecular flexibility index (Phi) is 6.13. The number of nitrogen functional groups attached to an aromatic ring is 1. The summed E-state index contributed by atoms with van der Waals surface area (Å²) in [5.41, 5.74) is 7.03. The quantitative estimate of drug-likeness (QED) is 0.860. The van der Waals surface area contributed by atoms with Gasteiger partial charge in [-0.1, -0.05) is 19.3 Å². The van der Waals surface area contributed by atoms with Crippen LogP contribution in [0.15, 0.2) is 4.79 Å². The second-order valence-corrected chi connectivity index (χ2v) is 4.46. The van der Waals surface area contributed by atoms with Crippen LogP contribution in [0.5, 0.6) is 0 Å². The molecule has 1 heterocycles. The Morgan fingerprint density at radius 1 is 1.18 bits per heavy atom. The van der Waals surface area contributed by atoms with Crippen molar-refractivity contribution in [1.82, 2.24) is 9.36 Å². The Hall–Kier alpha value is -0.610. The third-order valence-corrected chi connectivity index (χ3v) is 3.56. The lowest BCUT2D eigenvalue weighted by atomic mass is 9.96. The summed E-state index contributed by atoms with van der Waals surface area (Å²) in [6.07, 6.45) is 5.96. The van der Waals surface area contributed by atoms with Gasteiger partial charge in [0.1, 0.15) is 5.69 Å². The van der Waals surface area contributed by atoms with Crippen molar-refractivity contribution in [2.75, 3.05) is 5.73 Å². The maximum absolute atomic E-state index is 11.9. The number of nitrogens with zero attached hydrogens (tertiary/aromatic N) is 2. The zero-order valence-electron chi connectivity index (χ0n) is 10.3. The molecule has 0 unspecified atom stereocenters. The van der Waals surface area contributed by atoms with Crippen LogP contribution in [0.2, 0.25) is 0 Å². The highest BCUT2D eigenvalue weighted by atomic mass is 35.5. The van der Waals surface area contributed by atoms with Crippen LogP contribution in [0.4, 0.5) is 5.69 Å². The average Bonchev–Trinajstić information content (AvgIpc) is 2.45. The molecule has 1 fully saturated rings. The number of rotatable bonds is 1. The molecule has 0 amide bonds. The predicted molar refractivity (Wildman–Crippen MR) is 75.4 cm³/mol. The van der Waals surface area contributed by atoms with Gasteiger partial charge in [-0.05, 0) is 19.8 Å². The molecule has 0 aromatic carbocycles. The Balaban J connectivity index is 0.00000128. The number of hydrogen-bond donors (Lipinski definition) is 1. The molecule has 1 aromatic rings. The molecule has 0 radical (unpaired) electrons. The third kappa shape index (κ3) is 2.80. The second-order valence-electron chi connectivity index (χ2n) is 4.46. The minimum absolute atomic E-state index is 0. The van der Waals surface area contributed by atoms with Gasteiger partial charge in [-0.15, -0.1) is 24.8 Å². The number of aromatic nitrogens is 2. The smallest absolute Gasteiger partial charge is 0.290 e. The fourth-order valence-corrected chi connectivity index (χ4v) is 2.49. The standard InChI is InChI=1S/C11H19N3O.2ClH/c1-8-10(12)11(15)14(13(8)2)9-6-4-3-5-7-9;;/h9H,3-7,12H2,1-2H3;2*1H. The molecule has 1 aliphatic rings. The second kappa shape index (κ2) is 6.36. The molecule has 6 heteroatoms. The van der Waals surface area contributed by atoms with E-state index in [1.165, 1.54) is 19.3 Å². The summed E-state index contributed by atoms with van der Waals surface area (Å²) in [5.74, 6) is 0. The van der Waals surface area contributed by atoms with Crippen molar-refractivity contribution in [3.63, 3.8) is 0 Å². The van der Waals surface area contributed by atoms with Crippen LogP contribution in [0.25, 0.3) is 0 Å². The summed E-state index contributed by atoms with van der Waals surface area (Å²) in [5, 5.41) is 0. The minimum atomic E-state index is -0.0121. The van der Waals surface area contributed by atoms with Crippen molar-refractivity contribution in [2.24, 2.45) is 7.05 Å². The lowest BCUT2D eigenvalue weighted by Crippen LogP contribution is -2.28. The average molecular weight is 282 g/mol. The van der Waals surface area contributed by atoms with Gasteiger partial charge in [-0.25, -0.2) is 4.68 Å². The lowest BCUT2D eigenvalue weighted by Gasteiger charge is -2.24. The molecule has 2 N–H and O–H groups in total. The number of nitrogens with two attached hydrogens (primary N) is 1. The number of hydrogen-bond acceptors (Lipinski definition) is 2. The molecule has 1 aliphatic carbocycles. The summed E-state index contributed by atoms with van der Waals surface area (Å²) < 4.78 is 3.75. The first-order chi connectivity index (χ1) is 7.13. The molecule has 17 heavy (non-hydrogen) atoms. The van der Waals surface area contributed by atoms with Crippen LogP contribution < -0.4 is 11.3 Å². The third-order valence-electron chi connectivity index (χ3n) is 3.56. The van der Waals surface area contributed by atoms with E-state index < -0.39 is 0 Å². The highest BCUT2D eigenvalue weighted by Gasteiger charge is 2.21. The fourth-order valence-electron chi connectivity index (χ4n) is 2.49. The molecule has 1 saturated carbocycles. The molecule has 0 atom stereocenters. The Morgan fingerprint density at radius 3 is 2.12 bits per heavy atom. The van der Waals surface area contributed by atoms with E-state index in [1.807, 2.05) is 23.3 Å². The largest absolute Gasteiger partial charge is 0.393 e. The van der Waals surface area contributed by atoms with Gasteiger partial charge >= 0.3 is 0 Å². The van der Waals surface area contributed by atoms with E-state index in [-0.39, 0.29) is 30.4 Å². The van der Waals surface area contributed by atoms with E-state index in [1.54, 1.807) is 0 Å². The first-order valence-electron chi connectivity index (χ1n) is 5.66. The van der Waals surface area contributed by atoms with Crippen LogP contribution in [0.1, 0.15) is 43.8 Å². The van der Waals surface area contributed by atoms with Crippen LogP contribution in [-0.2, 0) is 7.05 Å². The Labute approximate surface area is 114 Å².